The lowest BCUT2D eigenvalue weighted by Gasteiger charge is -2.01. The van der Waals surface area contributed by atoms with E-state index in [1.807, 2.05) is 12.3 Å². The van der Waals surface area contributed by atoms with Crippen LogP contribution < -0.4 is 5.73 Å². The average Bonchev–Trinajstić information content (AvgIpc) is 2.03. The Bertz CT molecular complexity index is 229. The van der Waals surface area contributed by atoms with Crippen LogP contribution in [0, 0.1) is 6.92 Å². The van der Waals surface area contributed by atoms with E-state index in [-0.39, 0.29) is 24.8 Å². The van der Waals surface area contributed by atoms with E-state index in [2.05, 4.69) is 18.0 Å². The van der Waals surface area contributed by atoms with Gasteiger partial charge in [-0.1, -0.05) is 6.07 Å². The minimum Gasteiger partial charge on any atom is -0.330 e. The van der Waals surface area contributed by atoms with E-state index in [9.17, 15) is 0 Å². The summed E-state index contributed by atoms with van der Waals surface area (Å²) in [4.78, 5) is 4.26. The van der Waals surface area contributed by atoms with E-state index in [1.54, 1.807) is 0 Å². The maximum atomic E-state index is 5.40. The van der Waals surface area contributed by atoms with Crippen molar-refractivity contribution < 1.29 is 0 Å². The van der Waals surface area contributed by atoms with Crippen molar-refractivity contribution in [2.45, 2.75) is 19.8 Å². The van der Waals surface area contributed by atoms with Gasteiger partial charge in [-0.15, -0.1) is 24.8 Å². The molecule has 0 spiro atoms. The van der Waals surface area contributed by atoms with Crippen molar-refractivity contribution in [2.24, 2.45) is 5.73 Å². The van der Waals surface area contributed by atoms with Crippen molar-refractivity contribution in [3.8, 4) is 0 Å². The van der Waals surface area contributed by atoms with Crippen LogP contribution in [0.1, 0.15) is 17.7 Å². The van der Waals surface area contributed by atoms with Crippen LogP contribution in [0.25, 0.3) is 0 Å². The second kappa shape index (κ2) is 8.30. The Morgan fingerprint density at radius 2 is 2.08 bits per heavy atom. The standard InChI is InChI=1S/C9H14N2.2ClH/c1-8-4-3-7-11-9(8)5-2-6-10;;/h3-4,7H,2,5-6,10H2,1H3;2*1H. The third kappa shape index (κ3) is 5.09. The molecule has 0 bridgehead atoms. The largest absolute Gasteiger partial charge is 0.330 e. The molecule has 0 radical (unpaired) electrons. The van der Waals surface area contributed by atoms with E-state index < -0.39 is 0 Å². The minimum atomic E-state index is 0. The number of nitrogens with two attached hydrogens (primary N) is 1. The van der Waals surface area contributed by atoms with E-state index in [0.29, 0.717) is 0 Å². The smallest absolute Gasteiger partial charge is 0.0433 e. The molecule has 2 N–H and O–H groups in total. The molecule has 0 saturated carbocycles. The molecular formula is C9H16Cl2N2. The van der Waals surface area contributed by atoms with Crippen LogP contribution >= 0.6 is 24.8 Å². The second-order valence-corrected chi connectivity index (χ2v) is 2.66. The quantitative estimate of drug-likeness (QED) is 0.852. The summed E-state index contributed by atoms with van der Waals surface area (Å²) in [6, 6.07) is 4.04. The van der Waals surface area contributed by atoms with Gasteiger partial charge in [0, 0.05) is 11.9 Å². The summed E-state index contributed by atoms with van der Waals surface area (Å²) in [6.45, 7) is 2.83. The topological polar surface area (TPSA) is 38.9 Å². The van der Waals surface area contributed by atoms with Gasteiger partial charge >= 0.3 is 0 Å². The number of nitrogens with zero attached hydrogens (tertiary/aromatic N) is 1. The zero-order chi connectivity index (χ0) is 8.10. The molecule has 0 amide bonds. The molecule has 0 aliphatic carbocycles. The van der Waals surface area contributed by atoms with Crippen molar-refractivity contribution in [1.82, 2.24) is 4.98 Å². The van der Waals surface area contributed by atoms with Gasteiger partial charge in [-0.25, -0.2) is 0 Å². The highest BCUT2D eigenvalue weighted by Crippen LogP contribution is 2.04. The molecule has 1 aromatic rings. The first-order valence-electron chi connectivity index (χ1n) is 3.95. The lowest BCUT2D eigenvalue weighted by atomic mass is 10.1. The number of hydrogen-bond acceptors (Lipinski definition) is 2. The molecule has 4 heteroatoms. The van der Waals surface area contributed by atoms with Crippen LogP contribution in [-0.2, 0) is 6.42 Å². The molecule has 0 aliphatic heterocycles. The molecule has 0 unspecified atom stereocenters. The Hall–Kier alpha value is -0.310. The molecule has 1 heterocycles. The Balaban J connectivity index is 0. The number of aryl methyl sites for hydroxylation is 2. The summed E-state index contributed by atoms with van der Waals surface area (Å²) >= 11 is 0. The van der Waals surface area contributed by atoms with Crippen LogP contribution in [0.3, 0.4) is 0 Å². The van der Waals surface area contributed by atoms with E-state index in [1.165, 1.54) is 11.3 Å². The highest BCUT2D eigenvalue weighted by Gasteiger charge is 1.95. The predicted molar refractivity (Wildman–Crippen MR) is 60.8 cm³/mol. The maximum absolute atomic E-state index is 5.40. The fraction of sp³-hybridized carbons (Fsp3) is 0.444. The van der Waals surface area contributed by atoms with Crippen molar-refractivity contribution >= 4 is 24.8 Å². The zero-order valence-corrected chi connectivity index (χ0v) is 9.33. The number of pyridine rings is 1. The van der Waals surface area contributed by atoms with E-state index in [4.69, 9.17) is 5.73 Å². The molecule has 1 rings (SSSR count). The molecule has 13 heavy (non-hydrogen) atoms. The van der Waals surface area contributed by atoms with E-state index in [0.717, 1.165) is 19.4 Å². The Morgan fingerprint density at radius 1 is 1.38 bits per heavy atom. The predicted octanol–water partition coefficient (Wildman–Crippen LogP) is 2.12. The van der Waals surface area contributed by atoms with Crippen molar-refractivity contribution in [2.75, 3.05) is 6.54 Å². The average molecular weight is 223 g/mol. The van der Waals surface area contributed by atoms with Crippen LogP contribution in [0.4, 0.5) is 0 Å². The van der Waals surface area contributed by atoms with Crippen molar-refractivity contribution in [1.29, 1.82) is 0 Å². The molecule has 0 atom stereocenters. The third-order valence-corrected chi connectivity index (χ3v) is 1.74. The summed E-state index contributed by atoms with van der Waals surface area (Å²) in [5.41, 5.74) is 7.84. The van der Waals surface area contributed by atoms with Crippen LogP contribution in [-0.4, -0.2) is 11.5 Å². The van der Waals surface area contributed by atoms with E-state index >= 15 is 0 Å². The molecule has 0 aliphatic rings. The number of hydrogen-bond donors (Lipinski definition) is 1. The van der Waals surface area contributed by atoms with Gasteiger partial charge < -0.3 is 5.73 Å². The van der Waals surface area contributed by atoms with Crippen LogP contribution in [0.5, 0.6) is 0 Å². The summed E-state index contributed by atoms with van der Waals surface area (Å²) in [6.07, 6.45) is 3.86. The van der Waals surface area contributed by atoms with Gasteiger partial charge in [-0.2, -0.15) is 0 Å². The fourth-order valence-electron chi connectivity index (χ4n) is 1.05. The Morgan fingerprint density at radius 3 is 2.62 bits per heavy atom. The first kappa shape index (κ1) is 15.2. The molecule has 76 valence electrons. The first-order valence-corrected chi connectivity index (χ1v) is 3.95. The Kier molecular flexibility index (Phi) is 9.68. The van der Waals surface area contributed by atoms with Crippen LogP contribution in [0.15, 0.2) is 18.3 Å². The van der Waals surface area contributed by atoms with Crippen LogP contribution in [0.2, 0.25) is 0 Å². The number of halogens is 2. The summed E-state index contributed by atoms with van der Waals surface area (Å²) in [7, 11) is 0. The van der Waals surface area contributed by atoms with Gasteiger partial charge in [-0.3, -0.25) is 4.98 Å². The zero-order valence-electron chi connectivity index (χ0n) is 7.69. The molecule has 0 fully saturated rings. The van der Waals surface area contributed by atoms with Gasteiger partial charge in [0.05, 0.1) is 0 Å². The van der Waals surface area contributed by atoms with Gasteiger partial charge in [-0.05, 0) is 37.9 Å². The summed E-state index contributed by atoms with van der Waals surface area (Å²) in [5.74, 6) is 0. The monoisotopic (exact) mass is 222 g/mol. The molecule has 1 aromatic heterocycles. The maximum Gasteiger partial charge on any atom is 0.0433 e. The SMILES string of the molecule is Cc1cccnc1CCCN.Cl.Cl. The Labute approximate surface area is 91.8 Å². The van der Waals surface area contributed by atoms with Gasteiger partial charge in [0.2, 0.25) is 0 Å². The first-order chi connectivity index (χ1) is 5.34. The third-order valence-electron chi connectivity index (χ3n) is 1.74. The van der Waals surface area contributed by atoms with Gasteiger partial charge in [0.1, 0.15) is 0 Å². The highest BCUT2D eigenvalue weighted by atomic mass is 35.5. The van der Waals surface area contributed by atoms with Crippen molar-refractivity contribution in [3.63, 3.8) is 0 Å². The molecule has 0 saturated heterocycles. The number of rotatable bonds is 3. The lowest BCUT2D eigenvalue weighted by molar-refractivity contribution is 0.804. The summed E-state index contributed by atoms with van der Waals surface area (Å²) in [5, 5.41) is 0. The minimum absolute atomic E-state index is 0. The molecule has 0 aromatic carbocycles. The summed E-state index contributed by atoms with van der Waals surface area (Å²) < 4.78 is 0. The fourth-order valence-corrected chi connectivity index (χ4v) is 1.05. The second-order valence-electron chi connectivity index (χ2n) is 2.66. The highest BCUT2D eigenvalue weighted by molar-refractivity contribution is 5.85. The van der Waals surface area contributed by atoms with Gasteiger partial charge in [0.15, 0.2) is 0 Å². The lowest BCUT2D eigenvalue weighted by Crippen LogP contribution is -2.02. The van der Waals surface area contributed by atoms with Gasteiger partial charge in [0.25, 0.3) is 0 Å². The van der Waals surface area contributed by atoms with Crippen molar-refractivity contribution in [3.05, 3.63) is 29.6 Å². The number of aromatic nitrogens is 1. The normalized spacial score (nSPS) is 8.46. The molecule has 2 nitrogen and oxygen atoms in total. The molecular weight excluding hydrogens is 207 g/mol.